The van der Waals surface area contributed by atoms with Crippen molar-refractivity contribution < 1.29 is 40.3 Å². The van der Waals surface area contributed by atoms with E-state index in [1.54, 1.807) is 34.5 Å². The van der Waals surface area contributed by atoms with Crippen LogP contribution in [-0.4, -0.2) is 9.55 Å². The molecule has 0 fully saturated rings. The van der Waals surface area contributed by atoms with Crippen molar-refractivity contribution in [2.75, 3.05) is 9.80 Å². The van der Waals surface area contributed by atoms with Crippen molar-refractivity contribution in [2.45, 2.75) is 64.7 Å². The smallest absolute Gasteiger partial charge is 0.135 e. The van der Waals surface area contributed by atoms with Crippen LogP contribution in [0.4, 0.5) is 22.7 Å². The van der Waals surface area contributed by atoms with Gasteiger partial charge in [0.2, 0.25) is 0 Å². The number of para-hydroxylation sites is 3. The molecule has 1 aliphatic heterocycles. The molecule has 0 atom stereocenters. The van der Waals surface area contributed by atoms with Gasteiger partial charge in [-0.2, -0.15) is 53.6 Å². The van der Waals surface area contributed by atoms with Gasteiger partial charge in [-0.05, 0) is 86.5 Å². The van der Waals surface area contributed by atoms with Crippen LogP contribution >= 0.6 is 0 Å². The Bertz CT molecular complexity index is 4180. The summed E-state index contributed by atoms with van der Waals surface area (Å²) in [6.07, 6.45) is 1.72. The number of rotatable bonds is 9. The van der Waals surface area contributed by atoms with E-state index in [1.807, 2.05) is 124 Å². The Balaban J connectivity index is 0.00000769. The third kappa shape index (κ3) is 8.09. The first-order valence-electron chi connectivity index (χ1n) is 29.6. The quantitative estimate of drug-likeness (QED) is 0.135. The molecule has 0 radical (unpaired) electrons. The summed E-state index contributed by atoms with van der Waals surface area (Å²) in [4.78, 5) is 8.52. The van der Waals surface area contributed by atoms with Crippen LogP contribution in [0.2, 0.25) is 0 Å². The fourth-order valence-corrected chi connectivity index (χ4v) is 9.25. The first kappa shape index (κ1) is 31.9. The zero-order chi connectivity index (χ0) is 59.0. The van der Waals surface area contributed by atoms with Crippen molar-refractivity contribution >= 4 is 44.6 Å². The summed E-state index contributed by atoms with van der Waals surface area (Å²) in [7, 11) is 0. The number of anilines is 4. The van der Waals surface area contributed by atoms with Gasteiger partial charge in [-0.25, -0.2) is 4.98 Å². The molecule has 0 saturated heterocycles. The molecule has 0 amide bonds. The third-order valence-electron chi connectivity index (χ3n) is 13.3. The molecule has 10 aromatic rings. The Hall–Kier alpha value is -7.00. The molecule has 4 nitrogen and oxygen atoms in total. The third-order valence-corrected chi connectivity index (χ3v) is 13.3. The monoisotopic (exact) mass is 1090 g/mol. The van der Waals surface area contributed by atoms with E-state index >= 15 is 0 Å². The van der Waals surface area contributed by atoms with E-state index in [0.29, 0.717) is 50.3 Å². The van der Waals surface area contributed by atoms with E-state index in [4.69, 9.17) is 16.0 Å². The van der Waals surface area contributed by atoms with Crippen molar-refractivity contribution in [1.82, 2.24) is 9.55 Å². The van der Waals surface area contributed by atoms with Gasteiger partial charge in [0, 0.05) is 66.4 Å². The van der Waals surface area contributed by atoms with Gasteiger partial charge in [0.15, 0.2) is 0 Å². The summed E-state index contributed by atoms with van der Waals surface area (Å²) in [6, 6.07) is 35.4. The van der Waals surface area contributed by atoms with Crippen LogP contribution < -0.4 is 9.80 Å². The molecule has 8 aromatic carbocycles. The van der Waals surface area contributed by atoms with Crippen LogP contribution in [0.15, 0.2) is 200 Å². The largest absolute Gasteiger partial charge is 0.493 e. The molecule has 0 saturated carbocycles. The molecule has 5 heteroatoms. The summed E-state index contributed by atoms with van der Waals surface area (Å²) < 4.78 is 127. The van der Waals surface area contributed by atoms with Crippen molar-refractivity contribution in [1.29, 1.82) is 0 Å². The topological polar surface area (TPSA) is 24.3 Å². The summed E-state index contributed by atoms with van der Waals surface area (Å²) in [5.41, 5.74) is 4.97. The molecule has 0 aliphatic carbocycles. The molecule has 1 aliphatic rings. The summed E-state index contributed by atoms with van der Waals surface area (Å²) in [6.45, 7) is 15.9. The van der Waals surface area contributed by atoms with Crippen LogP contribution in [0.5, 0.6) is 0 Å². The average Bonchev–Trinajstić information content (AvgIpc) is 3.79. The molecule has 0 bridgehead atoms. The number of nitrogens with zero attached hydrogens (tertiary/aromatic N) is 4. The van der Waals surface area contributed by atoms with E-state index in [0.717, 1.165) is 16.7 Å². The van der Waals surface area contributed by atoms with Crippen LogP contribution in [-0.2, 0) is 37.3 Å². The predicted octanol–water partition coefficient (Wildman–Crippen LogP) is 16.5. The van der Waals surface area contributed by atoms with Gasteiger partial charge >= 0.3 is 0 Å². The Morgan fingerprint density at radius 1 is 0.522 bits per heavy atom. The van der Waals surface area contributed by atoms with Gasteiger partial charge in [-0.15, -0.1) is 17.7 Å². The maximum Gasteiger partial charge on any atom is 0.135 e. The van der Waals surface area contributed by atoms with E-state index in [9.17, 15) is 8.22 Å². The van der Waals surface area contributed by atoms with Crippen LogP contribution in [0.25, 0.3) is 49.9 Å². The van der Waals surface area contributed by atoms with Gasteiger partial charge in [0.05, 0.1) is 19.2 Å². The fourth-order valence-electron chi connectivity index (χ4n) is 9.25. The first-order chi connectivity index (χ1) is 38.7. The predicted molar refractivity (Wildman–Crippen MR) is 284 cm³/mol. The van der Waals surface area contributed by atoms with Gasteiger partial charge in [0.25, 0.3) is 0 Å². The maximum absolute atomic E-state index is 9.30. The van der Waals surface area contributed by atoms with Crippen molar-refractivity contribution in [2.24, 2.45) is 0 Å². The van der Waals surface area contributed by atoms with Gasteiger partial charge < -0.3 is 14.4 Å². The summed E-state index contributed by atoms with van der Waals surface area (Å²) in [5.74, 6) is 0.455. The molecule has 0 N–H and O–H groups in total. The van der Waals surface area contributed by atoms with Crippen molar-refractivity contribution in [3.8, 4) is 28.1 Å². The minimum atomic E-state index is -0.852. The maximum atomic E-state index is 9.30. The molecular weight excluding hydrogens is 1020 g/mol. The normalized spacial score (nSPS) is 15.8. The van der Waals surface area contributed by atoms with Crippen LogP contribution in [0.1, 0.15) is 95.5 Å². The Kier molecular flexibility index (Phi) is 8.25. The minimum Gasteiger partial charge on any atom is -0.493 e. The summed E-state index contributed by atoms with van der Waals surface area (Å²) in [5, 5.41) is 0.911. The van der Waals surface area contributed by atoms with E-state index in [2.05, 4.69) is 38.1 Å². The zero-order valence-corrected chi connectivity index (χ0v) is 41.4. The van der Waals surface area contributed by atoms with E-state index < -0.39 is 76.7 Å². The number of hydrogen-bond acceptors (Lipinski definition) is 3. The first-order valence-corrected chi connectivity index (χ1v) is 22.6. The van der Waals surface area contributed by atoms with Crippen molar-refractivity contribution in [3.63, 3.8) is 0 Å². The van der Waals surface area contributed by atoms with Gasteiger partial charge in [-0.1, -0.05) is 175 Å². The van der Waals surface area contributed by atoms with Gasteiger partial charge in [-0.3, -0.25) is 0 Å². The number of aromatic nitrogens is 2. The average molecular weight is 1090 g/mol. The second-order valence-electron chi connectivity index (χ2n) is 19.2. The molecule has 344 valence electrons. The molecule has 0 spiro atoms. The molecule has 0 unspecified atom stereocenters. The molecule has 11 rings (SSSR count). The number of hydrogen-bond donors (Lipinski definition) is 0. The SMILES string of the molecule is [2H]c1c([2H])c([2H])c(-c2cc(C(C)(C)C)cc(-c3c([2H])c([2H])c([2H])c([2H])c3[2H])c2N2[CH-]N(c3[c-]c(C(C)(C)c4[c-]c5c(cc4)c4c([2H])c([2H])c([2H])c([2H])c4n5-c4cc(C(C)(C)c5ccccc5)ccn4)ccc3)c3ccccc32)c([2H])c1[2H].[Pt]. The number of fused-ring (bicyclic) bond motifs is 4. The van der Waals surface area contributed by atoms with Crippen molar-refractivity contribution in [3.05, 3.63) is 247 Å². The summed E-state index contributed by atoms with van der Waals surface area (Å²) >= 11 is 0. The zero-order valence-electron chi connectivity index (χ0n) is 53.2. The fraction of sp³-hybridized carbons (Fsp3) is 0.156. The molecule has 3 heterocycles. The van der Waals surface area contributed by atoms with Crippen LogP contribution in [0, 0.1) is 18.8 Å². The number of benzene rings is 8. The Morgan fingerprint density at radius 2 is 1.13 bits per heavy atom. The number of pyridine rings is 1. The standard InChI is InChI=1S/C64H55N4.Pt/c1-62(2,3)50-39-54(44-22-11-8-12-23-44)61(55(40-50)45-24-13-9-14-25-45)67-43-66(57-32-19-20-33-58(57)67)51-29-21-28-47(38-51)64(6,7)48-34-35-53-52-30-17-18-31-56(52)68(59(53)41-48)60-42-49(36-37-65-60)63(4,5)46-26-15-10-16-27-46;/h8-37,39-40,42-43H,1-7H3;/q-3;/i8D,9D,11D,12D,13D,14D,17D,18D,22D,23D,24D,25D,30D,31D;. The van der Waals surface area contributed by atoms with Gasteiger partial charge in [0.1, 0.15) is 5.82 Å². The van der Waals surface area contributed by atoms with E-state index in [1.165, 1.54) is 0 Å². The minimum absolute atomic E-state index is 0. The Labute approximate surface area is 441 Å². The molecule has 2 aromatic heterocycles. The molecular formula is C64H55N4Pt-3. The second kappa shape index (κ2) is 17.8. The van der Waals surface area contributed by atoms with E-state index in [-0.39, 0.29) is 78.7 Å². The molecule has 69 heavy (non-hydrogen) atoms. The van der Waals surface area contributed by atoms with Crippen LogP contribution in [0.3, 0.4) is 0 Å². The Morgan fingerprint density at radius 3 is 1.80 bits per heavy atom. The second-order valence-corrected chi connectivity index (χ2v) is 19.2.